The van der Waals surface area contributed by atoms with Crippen molar-refractivity contribution in [3.8, 4) is 22.3 Å². The predicted octanol–water partition coefficient (Wildman–Crippen LogP) is 17.6. The highest BCUT2D eigenvalue weighted by Crippen LogP contribution is 2.65. The van der Waals surface area contributed by atoms with Crippen LogP contribution in [0, 0.1) is 0 Å². The van der Waals surface area contributed by atoms with Gasteiger partial charge in [-0.3, -0.25) is 0 Å². The Hall–Kier alpha value is -8.20. The highest BCUT2D eigenvalue weighted by molar-refractivity contribution is 6.09. The molecule has 0 saturated heterocycles. The van der Waals surface area contributed by atoms with E-state index in [-0.39, 0.29) is 0 Å². The molecule has 318 valence electrons. The molecule has 11 aromatic carbocycles. The summed E-state index contributed by atoms with van der Waals surface area (Å²) in [5.74, 6) is 0. The van der Waals surface area contributed by atoms with Crippen LogP contribution in [0.1, 0.15) is 47.2 Å². The average molecular weight is 857 g/mol. The summed E-state index contributed by atoms with van der Waals surface area (Å²) in [4.78, 5) is 4.79. The van der Waals surface area contributed by atoms with E-state index in [0.717, 1.165) is 47.0 Å². The first-order valence-corrected chi connectivity index (χ1v) is 23.8. The quantitative estimate of drug-likeness (QED) is 0.150. The van der Waals surface area contributed by atoms with E-state index in [9.17, 15) is 0 Å². The zero-order chi connectivity index (χ0) is 44.6. The fraction of sp³-hybridized carbons (Fsp3) is 0.0769. The summed E-state index contributed by atoms with van der Waals surface area (Å²) in [6, 6.07) is 86.6. The molecule has 0 aliphatic heterocycles. The third-order valence-electron chi connectivity index (χ3n) is 14.7. The largest absolute Gasteiger partial charge is 0.310 e. The molecule has 0 saturated carbocycles. The molecule has 0 radical (unpaired) electrons. The highest BCUT2D eigenvalue weighted by Gasteiger charge is 2.52. The molecule has 0 aromatic heterocycles. The van der Waals surface area contributed by atoms with Gasteiger partial charge in [-0.1, -0.05) is 147 Å². The molecule has 2 aliphatic carbocycles. The zero-order valence-electron chi connectivity index (χ0n) is 37.7. The van der Waals surface area contributed by atoms with E-state index in [0.29, 0.717) is 0 Å². The van der Waals surface area contributed by atoms with Gasteiger partial charge in [0.15, 0.2) is 0 Å². The minimum atomic E-state index is -0.542. The summed E-state index contributed by atoms with van der Waals surface area (Å²) in [6.07, 6.45) is 2.02. The first-order chi connectivity index (χ1) is 33.1. The Bertz CT molecular complexity index is 3520. The topological polar surface area (TPSA) is 6.48 Å². The lowest BCUT2D eigenvalue weighted by Crippen LogP contribution is -2.26. The van der Waals surface area contributed by atoms with E-state index < -0.39 is 5.41 Å². The van der Waals surface area contributed by atoms with Crippen molar-refractivity contribution >= 4 is 66.4 Å². The molecule has 13 rings (SSSR count). The number of benzene rings is 11. The van der Waals surface area contributed by atoms with Gasteiger partial charge in [0.2, 0.25) is 0 Å². The van der Waals surface area contributed by atoms with Gasteiger partial charge in [0.1, 0.15) is 0 Å². The number of nitrogens with zero attached hydrogens (tertiary/aromatic N) is 2. The maximum Gasteiger partial charge on any atom is 0.0726 e. The molecule has 11 aromatic rings. The summed E-state index contributed by atoms with van der Waals surface area (Å²) in [5, 5.41) is 7.46. The highest BCUT2D eigenvalue weighted by atomic mass is 15.1. The standard InChI is InChI=1S/C65H48N2/c1-3-43-23-30-52(31-24-43)66(50-16-7-5-8-17-50)54-34-27-46-39-58-59-40-47-28-35-55(67(51-18-9-6-10-19-51)53-32-25-44(4-2)26-33-53)38-49(47)42-63(59)65(62(58)41-48(46)37-54)60-22-14-13-21-57(60)64-56-20-12-11-15-45(56)29-36-61(64)65/h5-42H,3-4H2,1-2H3. The Balaban J connectivity index is 1.06. The summed E-state index contributed by atoms with van der Waals surface area (Å²) in [7, 11) is 0. The van der Waals surface area contributed by atoms with Crippen molar-refractivity contribution < 1.29 is 0 Å². The van der Waals surface area contributed by atoms with Crippen molar-refractivity contribution in [2.24, 2.45) is 0 Å². The van der Waals surface area contributed by atoms with Gasteiger partial charge in [-0.05, 0) is 198 Å². The lowest BCUT2D eigenvalue weighted by molar-refractivity contribution is 0.797. The predicted molar refractivity (Wildman–Crippen MR) is 283 cm³/mol. The second kappa shape index (κ2) is 15.5. The zero-order valence-corrected chi connectivity index (χ0v) is 37.7. The summed E-state index contributed by atoms with van der Waals surface area (Å²) in [5.41, 5.74) is 19.6. The van der Waals surface area contributed by atoms with Gasteiger partial charge in [0.05, 0.1) is 5.41 Å². The molecule has 0 atom stereocenters. The maximum absolute atomic E-state index is 2.53. The van der Waals surface area contributed by atoms with Crippen LogP contribution in [0.15, 0.2) is 231 Å². The average Bonchev–Trinajstić information content (AvgIpc) is 3.84. The van der Waals surface area contributed by atoms with Crippen molar-refractivity contribution in [3.05, 3.63) is 264 Å². The van der Waals surface area contributed by atoms with Crippen molar-refractivity contribution in [2.75, 3.05) is 9.80 Å². The molecule has 1 spiro atoms. The summed E-state index contributed by atoms with van der Waals surface area (Å²) in [6.45, 7) is 4.43. The number of rotatable bonds is 8. The molecule has 67 heavy (non-hydrogen) atoms. The molecule has 0 fully saturated rings. The van der Waals surface area contributed by atoms with E-state index in [4.69, 9.17) is 0 Å². The number of fused-ring (bicyclic) bond motifs is 14. The molecule has 2 aliphatic rings. The molecule has 2 nitrogen and oxygen atoms in total. The van der Waals surface area contributed by atoms with Crippen LogP contribution in [-0.2, 0) is 18.3 Å². The molecule has 0 bridgehead atoms. The van der Waals surface area contributed by atoms with Crippen molar-refractivity contribution in [3.63, 3.8) is 0 Å². The van der Waals surface area contributed by atoms with E-state index in [1.54, 1.807) is 0 Å². The van der Waals surface area contributed by atoms with Crippen LogP contribution >= 0.6 is 0 Å². The van der Waals surface area contributed by atoms with Crippen LogP contribution in [0.3, 0.4) is 0 Å². The van der Waals surface area contributed by atoms with Crippen LogP contribution in [0.4, 0.5) is 34.1 Å². The molecular formula is C65H48N2. The number of hydrogen-bond donors (Lipinski definition) is 0. The van der Waals surface area contributed by atoms with Crippen LogP contribution in [0.25, 0.3) is 54.6 Å². The number of anilines is 6. The van der Waals surface area contributed by atoms with Gasteiger partial charge in [0, 0.05) is 34.1 Å². The SMILES string of the molecule is CCc1ccc(N(c2ccccc2)c2ccc3cc4c(cc3c2)C2(c3cc5cc(N(c6ccccc6)c6ccc(CC)cc6)ccc5cc3-4)c3ccccc3-c3c2ccc2ccccc32)cc1. The Morgan fingerprint density at radius 2 is 0.746 bits per heavy atom. The van der Waals surface area contributed by atoms with Crippen molar-refractivity contribution in [1.82, 2.24) is 0 Å². The van der Waals surface area contributed by atoms with Crippen LogP contribution in [-0.4, -0.2) is 0 Å². The van der Waals surface area contributed by atoms with Crippen molar-refractivity contribution in [2.45, 2.75) is 32.1 Å². The number of aryl methyl sites for hydroxylation is 2. The van der Waals surface area contributed by atoms with Crippen molar-refractivity contribution in [1.29, 1.82) is 0 Å². The van der Waals surface area contributed by atoms with Crippen LogP contribution in [0.5, 0.6) is 0 Å². The first-order valence-electron chi connectivity index (χ1n) is 23.8. The fourth-order valence-electron chi connectivity index (χ4n) is 11.5. The van der Waals surface area contributed by atoms with Gasteiger partial charge >= 0.3 is 0 Å². The fourth-order valence-corrected chi connectivity index (χ4v) is 11.5. The van der Waals surface area contributed by atoms with Gasteiger partial charge in [-0.15, -0.1) is 0 Å². The lowest BCUT2D eigenvalue weighted by Gasteiger charge is -2.31. The van der Waals surface area contributed by atoms with Gasteiger partial charge in [0.25, 0.3) is 0 Å². The second-order valence-electron chi connectivity index (χ2n) is 18.2. The van der Waals surface area contributed by atoms with E-state index in [2.05, 4.69) is 254 Å². The van der Waals surface area contributed by atoms with E-state index in [1.165, 1.54) is 88.0 Å². The second-order valence-corrected chi connectivity index (χ2v) is 18.2. The van der Waals surface area contributed by atoms with Gasteiger partial charge in [-0.25, -0.2) is 0 Å². The maximum atomic E-state index is 2.53. The molecule has 0 amide bonds. The molecule has 0 unspecified atom stereocenters. The summed E-state index contributed by atoms with van der Waals surface area (Å²) >= 11 is 0. The number of hydrogen-bond acceptors (Lipinski definition) is 2. The van der Waals surface area contributed by atoms with Gasteiger partial charge in [-0.2, -0.15) is 0 Å². The Kier molecular flexibility index (Phi) is 9.05. The summed E-state index contributed by atoms with van der Waals surface area (Å²) < 4.78 is 0. The molecule has 2 heteroatoms. The van der Waals surface area contributed by atoms with Crippen LogP contribution < -0.4 is 9.80 Å². The third-order valence-corrected chi connectivity index (χ3v) is 14.7. The van der Waals surface area contributed by atoms with Gasteiger partial charge < -0.3 is 9.80 Å². The minimum absolute atomic E-state index is 0.542. The van der Waals surface area contributed by atoms with Crippen LogP contribution in [0.2, 0.25) is 0 Å². The normalized spacial score (nSPS) is 12.9. The Morgan fingerprint density at radius 1 is 0.299 bits per heavy atom. The Labute approximate surface area is 392 Å². The molecule has 0 N–H and O–H groups in total. The third kappa shape index (κ3) is 6.03. The minimum Gasteiger partial charge on any atom is -0.310 e. The number of para-hydroxylation sites is 2. The lowest BCUT2D eigenvalue weighted by atomic mass is 9.70. The van der Waals surface area contributed by atoms with E-state index >= 15 is 0 Å². The molecular weight excluding hydrogens is 809 g/mol. The molecule has 0 heterocycles. The smallest absolute Gasteiger partial charge is 0.0726 e. The van der Waals surface area contributed by atoms with E-state index in [1.807, 2.05) is 0 Å². The monoisotopic (exact) mass is 856 g/mol. The Morgan fingerprint density at radius 3 is 1.28 bits per heavy atom. The first kappa shape index (κ1) is 39.2.